The zero-order valence-electron chi connectivity index (χ0n) is 15.6. The highest BCUT2D eigenvalue weighted by Gasteiger charge is 2.10. The Morgan fingerprint density at radius 3 is 1.08 bits per heavy atom. The van der Waals surface area contributed by atoms with Crippen LogP contribution in [0.25, 0.3) is 0 Å². The second-order valence-corrected chi connectivity index (χ2v) is 7.16. The van der Waals surface area contributed by atoms with Crippen LogP contribution in [0.4, 0.5) is 0 Å². The molecule has 6 heteroatoms. The van der Waals surface area contributed by atoms with Crippen molar-refractivity contribution in [1.29, 1.82) is 0 Å². The number of hydrogen-bond donors (Lipinski definition) is 2. The number of carbonyl (C=O) groups excluding carboxylic acids is 2. The van der Waals surface area contributed by atoms with Crippen LogP contribution in [0, 0.1) is 0 Å². The summed E-state index contributed by atoms with van der Waals surface area (Å²) in [5.41, 5.74) is 7.88. The van der Waals surface area contributed by atoms with Crippen LogP contribution in [0.1, 0.15) is 84.9 Å². The van der Waals surface area contributed by atoms with Gasteiger partial charge in [0.05, 0.1) is 24.0 Å². The Kier molecular flexibility index (Phi) is 10.6. The first kappa shape index (κ1) is 22.1. The van der Waals surface area contributed by atoms with Gasteiger partial charge in [0.15, 0.2) is 0 Å². The van der Waals surface area contributed by atoms with E-state index >= 15 is 0 Å². The van der Waals surface area contributed by atoms with Crippen LogP contribution in [0.2, 0.25) is 0 Å². The third-order valence-electron chi connectivity index (χ3n) is 4.81. The fraction of sp³-hybridized carbons (Fsp3) is 0.600. The smallest absolute Gasteiger partial charge is 0.0843 e. The lowest BCUT2D eigenvalue weighted by atomic mass is 9.97. The van der Waals surface area contributed by atoms with Gasteiger partial charge in [-0.25, -0.2) is 0 Å². The maximum absolute atomic E-state index is 10.2. The van der Waals surface area contributed by atoms with E-state index in [9.17, 15) is 19.8 Å². The second-order valence-electron chi connectivity index (χ2n) is 7.16. The second kappa shape index (κ2) is 12.4. The van der Waals surface area contributed by atoms with E-state index in [1.54, 1.807) is 0 Å². The Labute approximate surface area is 155 Å². The van der Waals surface area contributed by atoms with Gasteiger partial charge in [-0.05, 0) is 62.5 Å². The van der Waals surface area contributed by atoms with E-state index in [2.05, 4.69) is 11.5 Å². The molecule has 0 bridgehead atoms. The van der Waals surface area contributed by atoms with Gasteiger partial charge < -0.3 is 31.3 Å². The summed E-state index contributed by atoms with van der Waals surface area (Å²) < 4.78 is 0. The molecule has 0 heterocycles. The Bertz CT molecular complexity index is 484. The van der Waals surface area contributed by atoms with Crippen molar-refractivity contribution < 1.29 is 31.3 Å². The van der Waals surface area contributed by atoms with Gasteiger partial charge in [0.2, 0.25) is 0 Å². The van der Waals surface area contributed by atoms with Crippen molar-refractivity contribution in [2.45, 2.75) is 76.3 Å². The highest BCUT2D eigenvalue weighted by Crippen LogP contribution is 2.14. The molecule has 0 unspecified atom stereocenters. The number of carboxylic acid groups (broad SMARTS) is 2. The summed E-state index contributed by atoms with van der Waals surface area (Å²) in [6.07, 6.45) is 14.1. The van der Waals surface area contributed by atoms with Crippen molar-refractivity contribution in [3.63, 3.8) is 0 Å². The van der Waals surface area contributed by atoms with E-state index in [-0.39, 0.29) is 11.1 Å². The normalized spacial score (nSPS) is 17.9. The Hall–Kier alpha value is -1.92. The van der Waals surface area contributed by atoms with Crippen LogP contribution in [0.15, 0.2) is 24.3 Å². The molecule has 6 N–H and O–H groups in total. The maximum Gasteiger partial charge on any atom is 0.0843 e. The van der Waals surface area contributed by atoms with Crippen molar-refractivity contribution in [3.05, 3.63) is 35.4 Å². The average Bonchev–Trinajstić information content (AvgIpc) is 2.64. The van der Waals surface area contributed by atoms with Crippen LogP contribution >= 0.6 is 0 Å². The van der Waals surface area contributed by atoms with Crippen LogP contribution in [-0.4, -0.2) is 24.0 Å². The van der Waals surface area contributed by atoms with Gasteiger partial charge in [-0.1, -0.05) is 37.1 Å². The minimum absolute atomic E-state index is 0.0556. The molecule has 0 atom stereocenters. The number of benzene rings is 1. The summed E-state index contributed by atoms with van der Waals surface area (Å²) in [4.78, 5) is 20.4. The van der Waals surface area contributed by atoms with E-state index in [1.807, 2.05) is 0 Å². The van der Waals surface area contributed by atoms with E-state index in [1.165, 1.54) is 64.2 Å². The zero-order chi connectivity index (χ0) is 19.4. The van der Waals surface area contributed by atoms with Gasteiger partial charge >= 0.3 is 0 Å². The molecule has 0 spiro atoms. The molecule has 0 radical (unpaired) electrons. The SMILES string of the molecule is O=C([O-])c1ccc(C(=O)[O-])cc1.[NH3+]C1CCCCC1.[NH3+]C1CCCCC1. The molecular weight excluding hydrogens is 332 g/mol. The molecule has 26 heavy (non-hydrogen) atoms. The molecule has 0 aliphatic heterocycles. The minimum Gasteiger partial charge on any atom is -0.545 e. The fourth-order valence-electron chi connectivity index (χ4n) is 3.12. The summed E-state index contributed by atoms with van der Waals surface area (Å²) in [6, 6.07) is 6.18. The molecule has 1 aromatic rings. The van der Waals surface area contributed by atoms with Gasteiger partial charge in [-0.3, -0.25) is 0 Å². The van der Waals surface area contributed by atoms with Crippen molar-refractivity contribution in [2.75, 3.05) is 0 Å². The molecule has 2 saturated carbocycles. The molecule has 0 saturated heterocycles. The van der Waals surface area contributed by atoms with Gasteiger partial charge in [0.1, 0.15) is 0 Å². The van der Waals surface area contributed by atoms with Crippen LogP contribution in [0.3, 0.4) is 0 Å². The fourth-order valence-corrected chi connectivity index (χ4v) is 3.12. The standard InChI is InChI=1S/C8H6O4.2C6H13N/c9-7(10)5-1-2-6(4-3-5)8(11)12;2*7-6-4-2-1-3-5-6/h1-4H,(H,9,10)(H,11,12);2*6H,1-5,7H2. The molecule has 2 aliphatic carbocycles. The number of hydrogen-bond acceptors (Lipinski definition) is 4. The molecule has 1 aromatic carbocycles. The summed E-state index contributed by atoms with van der Waals surface area (Å²) in [5, 5.41) is 20.4. The number of carboxylic acids is 2. The lowest BCUT2D eigenvalue weighted by molar-refractivity contribution is -0.425. The predicted molar refractivity (Wildman–Crippen MR) is 94.6 cm³/mol. The van der Waals surface area contributed by atoms with E-state index in [0.717, 1.165) is 36.3 Å². The molecule has 6 nitrogen and oxygen atoms in total. The average molecular weight is 364 g/mol. The van der Waals surface area contributed by atoms with Gasteiger partial charge in [0, 0.05) is 0 Å². The Morgan fingerprint density at radius 1 is 0.654 bits per heavy atom. The summed E-state index contributed by atoms with van der Waals surface area (Å²) in [5.74, 6) is -2.67. The molecule has 0 amide bonds. The molecule has 146 valence electrons. The van der Waals surface area contributed by atoms with E-state index in [0.29, 0.717) is 0 Å². The van der Waals surface area contributed by atoms with Crippen molar-refractivity contribution in [3.8, 4) is 0 Å². The third kappa shape index (κ3) is 9.53. The molecule has 3 rings (SSSR count). The minimum atomic E-state index is -1.33. The van der Waals surface area contributed by atoms with Crippen molar-refractivity contribution >= 4 is 11.9 Å². The molecule has 0 aromatic heterocycles. The van der Waals surface area contributed by atoms with E-state index < -0.39 is 11.9 Å². The lowest BCUT2D eigenvalue weighted by Gasteiger charge is -2.12. The number of quaternary nitrogens is 2. The Balaban J connectivity index is 0.000000207. The zero-order valence-corrected chi connectivity index (χ0v) is 15.6. The first-order valence-electron chi connectivity index (χ1n) is 9.59. The van der Waals surface area contributed by atoms with Gasteiger partial charge in [-0.2, -0.15) is 0 Å². The predicted octanol–water partition coefficient (Wildman–Crippen LogP) is -0.464. The number of carbonyl (C=O) groups is 2. The first-order valence-corrected chi connectivity index (χ1v) is 9.59. The quantitative estimate of drug-likeness (QED) is 0.733. The van der Waals surface area contributed by atoms with Crippen LogP contribution < -0.4 is 21.7 Å². The number of rotatable bonds is 2. The topological polar surface area (TPSA) is 136 Å². The highest BCUT2D eigenvalue weighted by atomic mass is 16.4. The third-order valence-corrected chi connectivity index (χ3v) is 4.81. The Morgan fingerprint density at radius 2 is 0.923 bits per heavy atom. The first-order chi connectivity index (χ1) is 12.4. The van der Waals surface area contributed by atoms with E-state index in [4.69, 9.17) is 0 Å². The maximum atomic E-state index is 10.2. The summed E-state index contributed by atoms with van der Waals surface area (Å²) in [6.45, 7) is 0. The van der Waals surface area contributed by atoms with Crippen LogP contribution in [-0.2, 0) is 0 Å². The van der Waals surface area contributed by atoms with Crippen LogP contribution in [0.5, 0.6) is 0 Å². The summed E-state index contributed by atoms with van der Waals surface area (Å²) in [7, 11) is 0. The van der Waals surface area contributed by atoms with Gasteiger partial charge in [0.25, 0.3) is 0 Å². The van der Waals surface area contributed by atoms with Gasteiger partial charge in [-0.15, -0.1) is 0 Å². The summed E-state index contributed by atoms with van der Waals surface area (Å²) >= 11 is 0. The monoisotopic (exact) mass is 364 g/mol. The molecular formula is C20H32N2O4. The van der Waals surface area contributed by atoms with Crippen molar-refractivity contribution in [2.24, 2.45) is 0 Å². The number of aromatic carboxylic acids is 2. The molecule has 2 fully saturated rings. The largest absolute Gasteiger partial charge is 0.545 e. The highest BCUT2D eigenvalue weighted by molar-refractivity contribution is 5.89. The lowest BCUT2D eigenvalue weighted by Crippen LogP contribution is -2.61. The molecule has 2 aliphatic rings. The van der Waals surface area contributed by atoms with Crippen molar-refractivity contribution in [1.82, 2.24) is 0 Å².